The minimum Gasteiger partial charge on any atom is -0.467 e. The Bertz CT molecular complexity index is 338. The van der Waals surface area contributed by atoms with Crippen LogP contribution in [0.25, 0.3) is 0 Å². The molecule has 0 radical (unpaired) electrons. The molecule has 17 heavy (non-hydrogen) atoms. The lowest BCUT2D eigenvalue weighted by Gasteiger charge is -2.23. The third kappa shape index (κ3) is 5.70. The zero-order valence-electron chi connectivity index (χ0n) is 10.9. The van der Waals surface area contributed by atoms with Crippen molar-refractivity contribution in [1.82, 2.24) is 0 Å². The molecule has 0 aromatic heterocycles. The Hall–Kier alpha value is -0.330. The van der Waals surface area contributed by atoms with E-state index in [9.17, 15) is 0 Å². The monoisotopic (exact) mass is 270 g/mol. The quantitative estimate of drug-likeness (QED) is 0.611. The number of hydrogen-bond acceptors (Lipinski definition) is 2. The van der Waals surface area contributed by atoms with Crippen molar-refractivity contribution in [1.29, 1.82) is 0 Å². The van der Waals surface area contributed by atoms with Crippen LogP contribution in [0.15, 0.2) is 30.3 Å². The Balaban J connectivity index is 2.65. The van der Waals surface area contributed by atoms with Crippen molar-refractivity contribution < 1.29 is 4.52 Å². The molecule has 0 atom stereocenters. The van der Waals surface area contributed by atoms with E-state index in [-0.39, 0.29) is 0 Å². The summed E-state index contributed by atoms with van der Waals surface area (Å²) in [6.45, 7) is 4.42. The molecule has 3 heteroatoms. The van der Waals surface area contributed by atoms with Gasteiger partial charge in [0.25, 0.3) is 0 Å². The average molecular weight is 270 g/mol. The second-order valence-corrected chi connectivity index (χ2v) is 9.08. The summed E-state index contributed by atoms with van der Waals surface area (Å²) in [4.78, 5) is 0. The fourth-order valence-corrected chi connectivity index (χ4v) is 5.22. The lowest BCUT2D eigenvalue weighted by molar-refractivity contribution is 0.601. The molecule has 1 nitrogen and oxygen atoms in total. The van der Waals surface area contributed by atoms with Crippen LogP contribution in [0.1, 0.15) is 39.5 Å². The molecule has 1 rings (SSSR count). The zero-order valence-corrected chi connectivity index (χ0v) is 12.6. The van der Waals surface area contributed by atoms with Crippen molar-refractivity contribution in [3.8, 4) is 5.75 Å². The fourth-order valence-electron chi connectivity index (χ4n) is 1.67. The number of unbranched alkanes of at least 4 members (excludes halogenated alkanes) is 2. The highest BCUT2D eigenvalue weighted by Crippen LogP contribution is 2.49. The third-order valence-electron chi connectivity index (χ3n) is 2.72. The maximum atomic E-state index is 6.13. The average Bonchev–Trinajstić information content (AvgIpc) is 2.35. The van der Waals surface area contributed by atoms with Gasteiger partial charge < -0.3 is 4.52 Å². The van der Waals surface area contributed by atoms with Crippen LogP contribution in [0.2, 0.25) is 0 Å². The summed E-state index contributed by atoms with van der Waals surface area (Å²) >= 11 is 5.80. The molecule has 0 saturated heterocycles. The van der Waals surface area contributed by atoms with Gasteiger partial charge in [0.05, 0.1) is 0 Å². The van der Waals surface area contributed by atoms with Gasteiger partial charge >= 0.3 is 0 Å². The summed E-state index contributed by atoms with van der Waals surface area (Å²) in [6.07, 6.45) is 5.28. The Kier molecular flexibility index (Phi) is 6.84. The van der Waals surface area contributed by atoms with Crippen LogP contribution in [0.5, 0.6) is 5.75 Å². The molecule has 96 valence electrons. The number of benzene rings is 1. The first-order valence-electron chi connectivity index (χ1n) is 6.53. The molecular weight excluding hydrogens is 247 g/mol. The van der Waals surface area contributed by atoms with E-state index >= 15 is 0 Å². The highest BCUT2D eigenvalue weighted by atomic mass is 32.4. The van der Waals surface area contributed by atoms with Gasteiger partial charge in [-0.3, -0.25) is 0 Å². The first kappa shape index (κ1) is 14.7. The van der Waals surface area contributed by atoms with Crippen LogP contribution in [0.4, 0.5) is 0 Å². The van der Waals surface area contributed by atoms with Gasteiger partial charge in [-0.25, -0.2) is 0 Å². The maximum absolute atomic E-state index is 6.13. The predicted octanol–water partition coefficient (Wildman–Crippen LogP) is 5.06. The molecule has 0 aliphatic rings. The zero-order chi connectivity index (χ0) is 12.6. The van der Waals surface area contributed by atoms with Crippen LogP contribution >= 0.6 is 6.26 Å². The SMILES string of the molecule is CCCCP(=S)(CCCC)Oc1ccccc1. The summed E-state index contributed by atoms with van der Waals surface area (Å²) in [6, 6.07) is 10.1. The van der Waals surface area contributed by atoms with E-state index in [0.29, 0.717) is 0 Å². The van der Waals surface area contributed by atoms with Gasteiger partial charge in [-0.05, 0) is 25.0 Å². The van der Waals surface area contributed by atoms with Crippen LogP contribution in [0.3, 0.4) is 0 Å². The normalized spacial score (nSPS) is 11.4. The summed E-state index contributed by atoms with van der Waals surface area (Å²) in [5, 5.41) is 0. The highest BCUT2D eigenvalue weighted by Gasteiger charge is 2.17. The molecule has 0 spiro atoms. The molecule has 0 heterocycles. The van der Waals surface area contributed by atoms with Crippen molar-refractivity contribution in [3.05, 3.63) is 30.3 Å². The molecule has 1 aromatic rings. The maximum Gasteiger partial charge on any atom is 0.124 e. The van der Waals surface area contributed by atoms with E-state index in [1.807, 2.05) is 30.3 Å². The Morgan fingerprint density at radius 2 is 1.53 bits per heavy atom. The molecule has 0 N–H and O–H groups in total. The molecule has 1 aromatic carbocycles. The molecule has 0 unspecified atom stereocenters. The first-order chi connectivity index (χ1) is 8.20. The number of para-hydroxylation sites is 1. The summed E-state index contributed by atoms with van der Waals surface area (Å²) in [5.74, 6) is 0.947. The second kappa shape index (κ2) is 7.89. The van der Waals surface area contributed by atoms with E-state index in [1.54, 1.807) is 0 Å². The van der Waals surface area contributed by atoms with Crippen molar-refractivity contribution in [2.75, 3.05) is 12.3 Å². The van der Waals surface area contributed by atoms with E-state index in [0.717, 1.165) is 18.1 Å². The molecule has 0 aliphatic carbocycles. The minimum absolute atomic E-state index is 0.947. The van der Waals surface area contributed by atoms with Crippen molar-refractivity contribution in [3.63, 3.8) is 0 Å². The lowest BCUT2D eigenvalue weighted by Crippen LogP contribution is -2.02. The summed E-state index contributed by atoms with van der Waals surface area (Å²) in [5.41, 5.74) is 0. The standard InChI is InChI=1S/C14H23OPS/c1-3-5-12-16(17,13-6-4-2)15-14-10-8-7-9-11-14/h7-11H,3-6,12-13H2,1-2H3. The van der Waals surface area contributed by atoms with Gasteiger partial charge in [-0.15, -0.1) is 0 Å². The molecule has 0 bridgehead atoms. The van der Waals surface area contributed by atoms with Crippen LogP contribution in [-0.2, 0) is 11.8 Å². The Labute approximate surface area is 111 Å². The fraction of sp³-hybridized carbons (Fsp3) is 0.571. The number of hydrogen-bond donors (Lipinski definition) is 0. The third-order valence-corrected chi connectivity index (χ3v) is 6.58. The van der Waals surface area contributed by atoms with Gasteiger partial charge in [0.1, 0.15) is 12.0 Å². The van der Waals surface area contributed by atoms with Crippen LogP contribution in [-0.4, -0.2) is 12.3 Å². The van der Waals surface area contributed by atoms with Crippen molar-refractivity contribution in [2.24, 2.45) is 0 Å². The topological polar surface area (TPSA) is 9.23 Å². The van der Waals surface area contributed by atoms with Gasteiger partial charge in [0, 0.05) is 12.3 Å². The molecule has 0 aliphatic heterocycles. The first-order valence-corrected chi connectivity index (χ1v) is 9.62. The van der Waals surface area contributed by atoms with Crippen LogP contribution in [0, 0.1) is 0 Å². The Morgan fingerprint density at radius 1 is 1.00 bits per heavy atom. The van der Waals surface area contributed by atoms with Crippen LogP contribution < -0.4 is 4.52 Å². The van der Waals surface area contributed by atoms with Gasteiger partial charge in [-0.1, -0.05) is 56.7 Å². The second-order valence-electron chi connectivity index (χ2n) is 4.37. The molecule has 0 saturated carbocycles. The lowest BCUT2D eigenvalue weighted by atomic mass is 10.3. The van der Waals surface area contributed by atoms with E-state index < -0.39 is 6.26 Å². The van der Waals surface area contributed by atoms with E-state index in [2.05, 4.69) is 13.8 Å². The molecule has 0 amide bonds. The van der Waals surface area contributed by atoms with Gasteiger partial charge in [-0.2, -0.15) is 0 Å². The van der Waals surface area contributed by atoms with E-state index in [1.165, 1.54) is 25.7 Å². The van der Waals surface area contributed by atoms with Gasteiger partial charge in [0.2, 0.25) is 0 Å². The van der Waals surface area contributed by atoms with Crippen molar-refractivity contribution >= 4 is 18.1 Å². The number of rotatable bonds is 8. The van der Waals surface area contributed by atoms with Gasteiger partial charge in [0.15, 0.2) is 0 Å². The Morgan fingerprint density at radius 3 is 2.00 bits per heavy atom. The summed E-state index contributed by atoms with van der Waals surface area (Å²) in [7, 11) is 0. The highest BCUT2D eigenvalue weighted by molar-refractivity contribution is 8.12. The summed E-state index contributed by atoms with van der Waals surface area (Å²) < 4.78 is 6.13. The van der Waals surface area contributed by atoms with E-state index in [4.69, 9.17) is 16.3 Å². The largest absolute Gasteiger partial charge is 0.467 e. The molecular formula is C14H23OPS. The minimum atomic E-state index is -1.64. The smallest absolute Gasteiger partial charge is 0.124 e. The molecule has 0 fully saturated rings. The van der Waals surface area contributed by atoms with Crippen molar-refractivity contribution in [2.45, 2.75) is 39.5 Å². The predicted molar refractivity (Wildman–Crippen MR) is 80.9 cm³/mol.